The van der Waals surface area contributed by atoms with Crippen molar-refractivity contribution in [2.24, 2.45) is 5.73 Å². The van der Waals surface area contributed by atoms with Gasteiger partial charge in [-0.2, -0.15) is 0 Å². The number of nitrogens with zero attached hydrogens (tertiary/aromatic N) is 2. The first kappa shape index (κ1) is 17.9. The zero-order valence-electron chi connectivity index (χ0n) is 13.4. The average Bonchev–Trinajstić information content (AvgIpc) is 2.51. The minimum absolute atomic E-state index is 0.258. The summed E-state index contributed by atoms with van der Waals surface area (Å²) >= 11 is 0. The van der Waals surface area contributed by atoms with Gasteiger partial charge in [0.2, 0.25) is 5.91 Å². The highest BCUT2D eigenvalue weighted by molar-refractivity contribution is 5.96. The van der Waals surface area contributed by atoms with Gasteiger partial charge in [0.05, 0.1) is 6.04 Å². The summed E-state index contributed by atoms with van der Waals surface area (Å²) in [6.07, 6.45) is 2.25. The molecule has 1 heterocycles. The van der Waals surface area contributed by atoms with Crippen LogP contribution in [0.5, 0.6) is 0 Å². The van der Waals surface area contributed by atoms with Crippen molar-refractivity contribution in [2.75, 3.05) is 39.8 Å². The largest absolute Gasteiger partial charge is 0.341 e. The fourth-order valence-electron chi connectivity index (χ4n) is 2.72. The molecule has 2 atom stereocenters. The standard InChI is InChI=1S/C14H29N5O2/c1-4-5-12(10-15)19-8-6-18(7-9-19)11(2)13(20)17-14(21)16-3/h11-12H,4-10,15H2,1-3H3,(H2,16,17,20,21). The van der Waals surface area contributed by atoms with Crippen LogP contribution in [0.25, 0.3) is 0 Å². The smallest absolute Gasteiger partial charge is 0.321 e. The summed E-state index contributed by atoms with van der Waals surface area (Å²) in [7, 11) is 1.49. The van der Waals surface area contributed by atoms with Gasteiger partial charge in [0.25, 0.3) is 0 Å². The van der Waals surface area contributed by atoms with E-state index in [-0.39, 0.29) is 11.9 Å². The number of carbonyl (C=O) groups is 2. The molecule has 122 valence electrons. The van der Waals surface area contributed by atoms with Crippen LogP contribution < -0.4 is 16.4 Å². The van der Waals surface area contributed by atoms with E-state index in [4.69, 9.17) is 5.73 Å². The maximum absolute atomic E-state index is 11.9. The quantitative estimate of drug-likeness (QED) is 0.619. The van der Waals surface area contributed by atoms with Gasteiger partial charge in [0, 0.05) is 45.8 Å². The molecule has 1 fully saturated rings. The zero-order chi connectivity index (χ0) is 15.8. The molecule has 1 aliphatic heterocycles. The van der Waals surface area contributed by atoms with Gasteiger partial charge < -0.3 is 11.1 Å². The normalized spacial score (nSPS) is 19.8. The lowest BCUT2D eigenvalue weighted by Crippen LogP contribution is -2.57. The Morgan fingerprint density at radius 2 is 1.76 bits per heavy atom. The molecular formula is C14H29N5O2. The maximum Gasteiger partial charge on any atom is 0.321 e. The first-order valence-electron chi connectivity index (χ1n) is 7.74. The van der Waals surface area contributed by atoms with E-state index in [1.54, 1.807) is 0 Å². The fraction of sp³-hybridized carbons (Fsp3) is 0.857. The van der Waals surface area contributed by atoms with E-state index in [2.05, 4.69) is 27.4 Å². The molecule has 2 unspecified atom stereocenters. The van der Waals surface area contributed by atoms with E-state index in [1.807, 2.05) is 6.92 Å². The van der Waals surface area contributed by atoms with E-state index in [1.165, 1.54) is 7.05 Å². The average molecular weight is 299 g/mol. The number of nitrogens with one attached hydrogen (secondary N) is 2. The molecule has 7 nitrogen and oxygen atoms in total. The summed E-state index contributed by atoms with van der Waals surface area (Å²) in [4.78, 5) is 27.6. The molecule has 0 bridgehead atoms. The molecule has 0 aromatic carbocycles. The lowest BCUT2D eigenvalue weighted by molar-refractivity contribution is -0.125. The highest BCUT2D eigenvalue weighted by Crippen LogP contribution is 2.12. The highest BCUT2D eigenvalue weighted by atomic mass is 16.2. The molecular weight excluding hydrogens is 270 g/mol. The van der Waals surface area contributed by atoms with E-state index in [9.17, 15) is 9.59 Å². The molecule has 0 saturated carbocycles. The van der Waals surface area contributed by atoms with Crippen LogP contribution in [-0.4, -0.2) is 73.6 Å². The number of urea groups is 1. The number of nitrogens with two attached hydrogens (primary N) is 1. The topological polar surface area (TPSA) is 90.7 Å². The summed E-state index contributed by atoms with van der Waals surface area (Å²) in [5.41, 5.74) is 5.84. The minimum Gasteiger partial charge on any atom is -0.341 e. The Kier molecular flexibility index (Phi) is 7.63. The zero-order valence-corrected chi connectivity index (χ0v) is 13.4. The van der Waals surface area contributed by atoms with Gasteiger partial charge in [0.15, 0.2) is 0 Å². The van der Waals surface area contributed by atoms with Crippen molar-refractivity contribution in [3.8, 4) is 0 Å². The first-order valence-corrected chi connectivity index (χ1v) is 7.74. The Bertz CT molecular complexity index is 342. The maximum atomic E-state index is 11.9. The van der Waals surface area contributed by atoms with Crippen molar-refractivity contribution < 1.29 is 9.59 Å². The molecule has 3 amide bonds. The van der Waals surface area contributed by atoms with E-state index < -0.39 is 6.03 Å². The Morgan fingerprint density at radius 3 is 2.24 bits per heavy atom. The van der Waals surface area contributed by atoms with Crippen molar-refractivity contribution in [1.29, 1.82) is 0 Å². The summed E-state index contributed by atoms with van der Waals surface area (Å²) < 4.78 is 0. The second-order valence-electron chi connectivity index (χ2n) is 5.49. The van der Waals surface area contributed by atoms with E-state index >= 15 is 0 Å². The van der Waals surface area contributed by atoms with E-state index in [0.717, 1.165) is 39.0 Å². The number of amides is 3. The Morgan fingerprint density at radius 1 is 1.19 bits per heavy atom. The number of carbonyl (C=O) groups excluding carboxylic acids is 2. The molecule has 1 rings (SSSR count). The number of piperazine rings is 1. The molecule has 1 saturated heterocycles. The number of hydrogen-bond donors (Lipinski definition) is 3. The van der Waals surface area contributed by atoms with Crippen LogP contribution in [0.3, 0.4) is 0 Å². The molecule has 0 aliphatic carbocycles. The minimum atomic E-state index is -0.461. The Hall–Kier alpha value is -1.18. The molecule has 4 N–H and O–H groups in total. The third-order valence-corrected chi connectivity index (χ3v) is 4.15. The number of hydrogen-bond acceptors (Lipinski definition) is 5. The van der Waals surface area contributed by atoms with Gasteiger partial charge in [-0.25, -0.2) is 4.79 Å². The fourth-order valence-corrected chi connectivity index (χ4v) is 2.72. The third-order valence-electron chi connectivity index (χ3n) is 4.15. The lowest BCUT2D eigenvalue weighted by atomic mass is 10.1. The van der Waals surface area contributed by atoms with Crippen molar-refractivity contribution in [3.05, 3.63) is 0 Å². The summed E-state index contributed by atoms with van der Waals surface area (Å²) in [6, 6.07) is -0.323. The van der Waals surface area contributed by atoms with Crippen molar-refractivity contribution in [3.63, 3.8) is 0 Å². The molecule has 21 heavy (non-hydrogen) atoms. The van der Waals surface area contributed by atoms with Crippen LogP contribution in [-0.2, 0) is 4.79 Å². The van der Waals surface area contributed by atoms with Gasteiger partial charge in [-0.05, 0) is 13.3 Å². The Balaban J connectivity index is 2.44. The van der Waals surface area contributed by atoms with Gasteiger partial charge in [-0.3, -0.25) is 19.9 Å². The second-order valence-corrected chi connectivity index (χ2v) is 5.49. The van der Waals surface area contributed by atoms with Gasteiger partial charge in [-0.1, -0.05) is 13.3 Å². The highest BCUT2D eigenvalue weighted by Gasteiger charge is 2.28. The van der Waals surface area contributed by atoms with Crippen molar-refractivity contribution in [1.82, 2.24) is 20.4 Å². The summed E-state index contributed by atoms with van der Waals surface area (Å²) in [5.74, 6) is -0.258. The van der Waals surface area contributed by atoms with Crippen LogP contribution in [0, 0.1) is 0 Å². The van der Waals surface area contributed by atoms with Crippen molar-refractivity contribution in [2.45, 2.75) is 38.8 Å². The second kappa shape index (κ2) is 8.96. The van der Waals surface area contributed by atoms with Crippen molar-refractivity contribution >= 4 is 11.9 Å². The Labute approximate surface area is 127 Å². The summed E-state index contributed by atoms with van der Waals surface area (Å²) in [6.45, 7) is 8.16. The summed E-state index contributed by atoms with van der Waals surface area (Å²) in [5, 5.41) is 4.71. The van der Waals surface area contributed by atoms with Gasteiger partial charge in [0.1, 0.15) is 0 Å². The van der Waals surface area contributed by atoms with Crippen LogP contribution in [0.15, 0.2) is 0 Å². The van der Waals surface area contributed by atoms with Gasteiger partial charge in [-0.15, -0.1) is 0 Å². The van der Waals surface area contributed by atoms with Gasteiger partial charge >= 0.3 is 6.03 Å². The molecule has 1 aliphatic rings. The van der Waals surface area contributed by atoms with Crippen LogP contribution in [0.1, 0.15) is 26.7 Å². The molecule has 0 aromatic rings. The molecule has 0 spiro atoms. The number of imide groups is 1. The molecule has 0 radical (unpaired) electrons. The van der Waals surface area contributed by atoms with Crippen LogP contribution >= 0.6 is 0 Å². The number of rotatable bonds is 6. The molecule has 0 aromatic heterocycles. The van der Waals surface area contributed by atoms with Crippen LogP contribution in [0.4, 0.5) is 4.79 Å². The van der Waals surface area contributed by atoms with E-state index in [0.29, 0.717) is 12.6 Å². The first-order chi connectivity index (χ1) is 10.0. The lowest BCUT2D eigenvalue weighted by Gasteiger charge is -2.40. The predicted octanol–water partition coefficient (Wildman–Crippen LogP) is -0.424. The third kappa shape index (κ3) is 5.26. The SMILES string of the molecule is CCCC(CN)N1CCN(C(C)C(=O)NC(=O)NC)CC1. The van der Waals surface area contributed by atoms with Crippen LogP contribution in [0.2, 0.25) is 0 Å². The molecule has 7 heteroatoms. The predicted molar refractivity (Wildman–Crippen MR) is 83.0 cm³/mol. The monoisotopic (exact) mass is 299 g/mol.